The number of rotatable bonds is 2. The van der Waals surface area contributed by atoms with E-state index in [-0.39, 0.29) is 17.9 Å². The van der Waals surface area contributed by atoms with E-state index in [4.69, 9.17) is 0 Å². The standard InChI is InChI=1S/C18H16F3N7O/c19-18(20,21)11-1-2-14-23-8-13(28(14)9-11)16-22-4-3-15(25-16)26-5-6-27-12(10-26)7-24-17(27)29/h1-4,8-9,12H,5-7,10H2,(H,24,29). The fourth-order valence-electron chi connectivity index (χ4n) is 3.77. The molecule has 5 heterocycles. The number of carbonyl (C=O) groups is 1. The molecule has 5 rings (SSSR count). The normalized spacial score (nSPS) is 19.6. The molecule has 0 aliphatic carbocycles. The third kappa shape index (κ3) is 3.02. The number of nitrogens with zero attached hydrogens (tertiary/aromatic N) is 6. The van der Waals surface area contributed by atoms with Crippen molar-refractivity contribution >= 4 is 17.5 Å². The van der Waals surface area contributed by atoms with Crippen LogP contribution in [0.3, 0.4) is 0 Å². The maximum atomic E-state index is 13.1. The summed E-state index contributed by atoms with van der Waals surface area (Å²) >= 11 is 0. The van der Waals surface area contributed by atoms with Gasteiger partial charge in [-0.15, -0.1) is 0 Å². The number of hydrogen-bond acceptors (Lipinski definition) is 5. The molecule has 1 N–H and O–H groups in total. The minimum absolute atomic E-state index is 0.0516. The number of alkyl halides is 3. The van der Waals surface area contributed by atoms with E-state index in [0.29, 0.717) is 43.3 Å². The number of imidazole rings is 1. The highest BCUT2D eigenvalue weighted by atomic mass is 19.4. The van der Waals surface area contributed by atoms with Gasteiger partial charge in [0.2, 0.25) is 0 Å². The Morgan fingerprint density at radius 1 is 1.14 bits per heavy atom. The second-order valence-corrected chi connectivity index (χ2v) is 7.00. The molecule has 0 bridgehead atoms. The Balaban J connectivity index is 1.48. The molecule has 2 aliphatic rings. The predicted molar refractivity (Wildman–Crippen MR) is 97.3 cm³/mol. The first-order chi connectivity index (χ1) is 13.9. The van der Waals surface area contributed by atoms with Crippen LogP contribution in [0.25, 0.3) is 17.2 Å². The highest BCUT2D eigenvalue weighted by Gasteiger charge is 2.36. The Kier molecular flexibility index (Phi) is 3.86. The lowest BCUT2D eigenvalue weighted by Crippen LogP contribution is -2.52. The summed E-state index contributed by atoms with van der Waals surface area (Å²) in [5, 5.41) is 2.83. The van der Waals surface area contributed by atoms with E-state index in [1.807, 2.05) is 4.90 Å². The quantitative estimate of drug-likeness (QED) is 0.709. The van der Waals surface area contributed by atoms with Gasteiger partial charge < -0.3 is 15.1 Å². The van der Waals surface area contributed by atoms with E-state index in [0.717, 1.165) is 12.3 Å². The van der Waals surface area contributed by atoms with Gasteiger partial charge in [0.25, 0.3) is 0 Å². The van der Waals surface area contributed by atoms with Gasteiger partial charge in [-0.3, -0.25) is 4.40 Å². The molecule has 1 atom stereocenters. The Morgan fingerprint density at radius 2 is 2.00 bits per heavy atom. The number of fused-ring (bicyclic) bond motifs is 2. The molecule has 2 amide bonds. The molecular weight excluding hydrogens is 387 g/mol. The largest absolute Gasteiger partial charge is 0.417 e. The molecule has 8 nitrogen and oxygen atoms in total. The molecule has 150 valence electrons. The van der Waals surface area contributed by atoms with Gasteiger partial charge in [0.05, 0.1) is 17.8 Å². The van der Waals surface area contributed by atoms with E-state index in [1.54, 1.807) is 12.3 Å². The number of aromatic nitrogens is 4. The Bertz CT molecular complexity index is 1100. The first-order valence-corrected chi connectivity index (χ1v) is 9.07. The van der Waals surface area contributed by atoms with E-state index < -0.39 is 11.7 Å². The van der Waals surface area contributed by atoms with Crippen LogP contribution in [-0.2, 0) is 6.18 Å². The van der Waals surface area contributed by atoms with Crippen molar-refractivity contribution in [3.8, 4) is 11.5 Å². The third-order valence-electron chi connectivity index (χ3n) is 5.26. The van der Waals surface area contributed by atoms with Crippen LogP contribution in [0.5, 0.6) is 0 Å². The minimum Gasteiger partial charge on any atom is -0.353 e. The Morgan fingerprint density at radius 3 is 2.83 bits per heavy atom. The number of carbonyl (C=O) groups excluding carboxylic acids is 1. The zero-order valence-corrected chi connectivity index (χ0v) is 15.1. The lowest BCUT2D eigenvalue weighted by atomic mass is 10.2. The number of urea groups is 1. The summed E-state index contributed by atoms with van der Waals surface area (Å²) in [4.78, 5) is 28.6. The topological polar surface area (TPSA) is 78.7 Å². The number of hydrogen-bond donors (Lipinski definition) is 1. The summed E-state index contributed by atoms with van der Waals surface area (Å²) in [7, 11) is 0. The van der Waals surface area contributed by atoms with Gasteiger partial charge in [-0.05, 0) is 18.2 Å². The summed E-state index contributed by atoms with van der Waals surface area (Å²) in [5.41, 5.74) is -0.00890. The van der Waals surface area contributed by atoms with Crippen molar-refractivity contribution in [1.29, 1.82) is 0 Å². The fraction of sp³-hybridized carbons (Fsp3) is 0.333. The number of halogens is 3. The molecule has 2 aliphatic heterocycles. The van der Waals surface area contributed by atoms with Crippen LogP contribution in [0, 0.1) is 0 Å². The summed E-state index contributed by atoms with van der Waals surface area (Å²) in [5.74, 6) is 0.952. The number of anilines is 1. The van der Waals surface area contributed by atoms with Crippen molar-refractivity contribution in [2.75, 3.05) is 31.1 Å². The fourth-order valence-corrected chi connectivity index (χ4v) is 3.77. The Labute approximate surface area is 163 Å². The van der Waals surface area contributed by atoms with Crippen molar-refractivity contribution in [1.82, 2.24) is 29.6 Å². The molecule has 1 unspecified atom stereocenters. The van der Waals surface area contributed by atoms with Gasteiger partial charge >= 0.3 is 12.2 Å². The first-order valence-electron chi connectivity index (χ1n) is 9.07. The lowest BCUT2D eigenvalue weighted by molar-refractivity contribution is -0.137. The molecule has 3 aromatic heterocycles. The zero-order chi connectivity index (χ0) is 20.2. The maximum Gasteiger partial charge on any atom is 0.417 e. The van der Waals surface area contributed by atoms with Crippen LogP contribution in [0.2, 0.25) is 0 Å². The highest BCUT2D eigenvalue weighted by Crippen LogP contribution is 2.30. The predicted octanol–water partition coefficient (Wildman–Crippen LogP) is 2.02. The summed E-state index contributed by atoms with van der Waals surface area (Å²) < 4.78 is 40.6. The number of piperazine rings is 1. The Hall–Kier alpha value is -3.37. The summed E-state index contributed by atoms with van der Waals surface area (Å²) in [6, 6.07) is 4.09. The molecule has 0 saturated carbocycles. The van der Waals surface area contributed by atoms with Crippen LogP contribution in [0.1, 0.15) is 5.56 Å². The number of nitrogens with one attached hydrogen (secondary N) is 1. The van der Waals surface area contributed by atoms with Crippen LogP contribution in [0.4, 0.5) is 23.8 Å². The van der Waals surface area contributed by atoms with Crippen molar-refractivity contribution in [3.05, 3.63) is 42.4 Å². The van der Waals surface area contributed by atoms with Crippen molar-refractivity contribution in [2.24, 2.45) is 0 Å². The molecule has 29 heavy (non-hydrogen) atoms. The molecule has 2 fully saturated rings. The van der Waals surface area contributed by atoms with Crippen molar-refractivity contribution < 1.29 is 18.0 Å². The van der Waals surface area contributed by atoms with Gasteiger partial charge in [-0.2, -0.15) is 13.2 Å². The van der Waals surface area contributed by atoms with Crippen LogP contribution in [0.15, 0.2) is 36.8 Å². The van der Waals surface area contributed by atoms with E-state index >= 15 is 0 Å². The molecule has 0 aromatic carbocycles. The zero-order valence-electron chi connectivity index (χ0n) is 15.1. The highest BCUT2D eigenvalue weighted by molar-refractivity contribution is 5.77. The van der Waals surface area contributed by atoms with Gasteiger partial charge in [0.1, 0.15) is 17.2 Å². The van der Waals surface area contributed by atoms with Crippen LogP contribution in [-0.4, -0.2) is 62.5 Å². The average molecular weight is 403 g/mol. The van der Waals surface area contributed by atoms with Gasteiger partial charge in [-0.25, -0.2) is 19.7 Å². The van der Waals surface area contributed by atoms with E-state index in [2.05, 4.69) is 25.2 Å². The van der Waals surface area contributed by atoms with Gasteiger partial charge in [0, 0.05) is 38.6 Å². The van der Waals surface area contributed by atoms with E-state index in [1.165, 1.54) is 16.7 Å². The molecule has 2 saturated heterocycles. The first kappa shape index (κ1) is 17.7. The summed E-state index contributed by atoms with van der Waals surface area (Å²) in [6.07, 6.45) is -0.408. The second-order valence-electron chi connectivity index (χ2n) is 7.00. The van der Waals surface area contributed by atoms with Crippen molar-refractivity contribution in [3.63, 3.8) is 0 Å². The SMILES string of the molecule is O=C1NCC2CN(c3ccnc(-c4cnc5ccc(C(F)(F)F)cn45)n3)CCN12. The number of pyridine rings is 1. The monoisotopic (exact) mass is 403 g/mol. The number of amides is 2. The van der Waals surface area contributed by atoms with Crippen LogP contribution >= 0.6 is 0 Å². The minimum atomic E-state index is -4.45. The van der Waals surface area contributed by atoms with Gasteiger partial charge in [-0.1, -0.05) is 0 Å². The van der Waals surface area contributed by atoms with Gasteiger partial charge in [0.15, 0.2) is 5.82 Å². The molecule has 11 heteroatoms. The van der Waals surface area contributed by atoms with E-state index in [9.17, 15) is 18.0 Å². The molecule has 3 aromatic rings. The molecule has 0 radical (unpaired) electrons. The van der Waals surface area contributed by atoms with Crippen LogP contribution < -0.4 is 10.2 Å². The smallest absolute Gasteiger partial charge is 0.353 e. The third-order valence-corrected chi connectivity index (χ3v) is 5.26. The van der Waals surface area contributed by atoms with Crippen molar-refractivity contribution in [2.45, 2.75) is 12.2 Å². The molecule has 0 spiro atoms. The maximum absolute atomic E-state index is 13.1. The lowest BCUT2D eigenvalue weighted by Gasteiger charge is -2.37. The second kappa shape index (κ2) is 6.33. The average Bonchev–Trinajstić information content (AvgIpc) is 3.30. The summed E-state index contributed by atoms with van der Waals surface area (Å²) in [6.45, 7) is 2.41. The molecular formula is C18H16F3N7O.